The molecule has 0 radical (unpaired) electrons. The highest BCUT2D eigenvalue weighted by Crippen LogP contribution is 2.48. The number of benzene rings is 5. The van der Waals surface area contributed by atoms with Gasteiger partial charge in [-0.25, -0.2) is 13.1 Å². The third-order valence-corrected chi connectivity index (χ3v) is 10.7. The summed E-state index contributed by atoms with van der Waals surface area (Å²) in [7, 11) is -3.63. The minimum atomic E-state index is -3.63. The van der Waals surface area contributed by atoms with Crippen molar-refractivity contribution in [2.24, 2.45) is 0 Å². The van der Waals surface area contributed by atoms with Crippen molar-refractivity contribution in [3.8, 4) is 0 Å². The molecule has 0 amide bonds. The van der Waals surface area contributed by atoms with E-state index in [1.165, 1.54) is 0 Å². The smallest absolute Gasteiger partial charge is 0.240 e. The van der Waals surface area contributed by atoms with Crippen LogP contribution in [0.25, 0.3) is 0 Å². The van der Waals surface area contributed by atoms with Gasteiger partial charge in [0.1, 0.15) is 0 Å². The molecule has 1 aliphatic heterocycles. The second-order valence-electron chi connectivity index (χ2n) is 11.1. The fourth-order valence-corrected chi connectivity index (χ4v) is 7.67. The first-order chi connectivity index (χ1) is 22.4. The molecule has 1 heterocycles. The van der Waals surface area contributed by atoms with E-state index in [-0.39, 0.29) is 36.2 Å². The summed E-state index contributed by atoms with van der Waals surface area (Å²) in [6.45, 7) is 0.114. The summed E-state index contributed by atoms with van der Waals surface area (Å²) < 4.78 is 41.7. The van der Waals surface area contributed by atoms with Crippen LogP contribution in [-0.4, -0.2) is 25.4 Å². The number of nitrogen functional groups attached to an aromatic ring is 1. The maximum absolute atomic E-state index is 12.7. The zero-order chi connectivity index (χ0) is 31.9. The number of hydrogen-bond acceptors (Lipinski definition) is 7. The Morgan fingerprint density at radius 2 is 1.30 bits per heavy atom. The molecule has 4 N–H and O–H groups in total. The molecule has 0 aliphatic carbocycles. The van der Waals surface area contributed by atoms with Gasteiger partial charge in [0.2, 0.25) is 10.0 Å². The number of thioether (sulfide) groups is 1. The van der Waals surface area contributed by atoms with E-state index in [1.807, 2.05) is 91.0 Å². The fraction of sp³-hybridized carbons (Fsp3) is 0.189. The van der Waals surface area contributed by atoms with E-state index in [0.717, 1.165) is 38.4 Å². The van der Waals surface area contributed by atoms with Gasteiger partial charge in [0.15, 0.2) is 6.29 Å². The van der Waals surface area contributed by atoms with Crippen LogP contribution in [0.4, 0.5) is 5.69 Å². The number of aliphatic hydroxyl groups is 1. The Hall–Kier alpha value is -3.96. The predicted molar refractivity (Wildman–Crippen MR) is 181 cm³/mol. The van der Waals surface area contributed by atoms with Crippen molar-refractivity contribution in [1.29, 1.82) is 0 Å². The SMILES string of the molecule is Nc1ccccc1SC[C@H]1OC(c2ccc(CNS(=O)(=O)c3ccccc3)cc2)O[C@@H](c2ccc(CO)cc2)[C@@H]1c1ccccc1. The number of hydrogen-bond donors (Lipinski definition) is 3. The average molecular weight is 653 g/mol. The van der Waals surface area contributed by atoms with Crippen LogP contribution in [0.15, 0.2) is 143 Å². The lowest BCUT2D eigenvalue weighted by Crippen LogP contribution is -2.38. The second-order valence-corrected chi connectivity index (χ2v) is 14.0. The van der Waals surface area contributed by atoms with E-state index < -0.39 is 16.3 Å². The molecule has 1 aliphatic rings. The Morgan fingerprint density at radius 1 is 0.696 bits per heavy atom. The molecule has 1 unspecified atom stereocenters. The van der Waals surface area contributed by atoms with E-state index in [9.17, 15) is 13.5 Å². The zero-order valence-electron chi connectivity index (χ0n) is 25.1. The Kier molecular flexibility index (Phi) is 10.2. The minimum absolute atomic E-state index is 0.0364. The van der Waals surface area contributed by atoms with E-state index in [0.29, 0.717) is 5.75 Å². The Morgan fingerprint density at radius 3 is 1.98 bits per heavy atom. The Bertz CT molecular complexity index is 1820. The van der Waals surface area contributed by atoms with Crippen molar-refractivity contribution < 1.29 is 23.0 Å². The highest BCUT2D eigenvalue weighted by molar-refractivity contribution is 7.99. The maximum atomic E-state index is 12.7. The normalized spacial score (nSPS) is 19.9. The highest BCUT2D eigenvalue weighted by atomic mass is 32.2. The summed E-state index contributed by atoms with van der Waals surface area (Å²) in [6.07, 6.45) is -1.26. The van der Waals surface area contributed by atoms with Gasteiger partial charge in [-0.15, -0.1) is 11.8 Å². The molecule has 46 heavy (non-hydrogen) atoms. The van der Waals surface area contributed by atoms with Gasteiger partial charge in [-0.3, -0.25) is 0 Å². The van der Waals surface area contributed by atoms with Crippen molar-refractivity contribution in [3.05, 3.63) is 161 Å². The van der Waals surface area contributed by atoms with Gasteiger partial charge in [-0.2, -0.15) is 0 Å². The molecular weight excluding hydrogens is 617 g/mol. The van der Waals surface area contributed by atoms with Crippen molar-refractivity contribution in [1.82, 2.24) is 4.72 Å². The van der Waals surface area contributed by atoms with Gasteiger partial charge in [-0.1, -0.05) is 109 Å². The number of sulfonamides is 1. The van der Waals surface area contributed by atoms with Crippen molar-refractivity contribution in [3.63, 3.8) is 0 Å². The first-order valence-corrected chi connectivity index (χ1v) is 17.5. The van der Waals surface area contributed by atoms with Gasteiger partial charge in [0, 0.05) is 34.4 Å². The first-order valence-electron chi connectivity index (χ1n) is 15.1. The summed E-state index contributed by atoms with van der Waals surface area (Å²) in [5.74, 6) is 0.514. The summed E-state index contributed by atoms with van der Waals surface area (Å²) in [4.78, 5) is 1.22. The quantitative estimate of drug-likeness (QED) is 0.104. The first kappa shape index (κ1) is 32.0. The maximum Gasteiger partial charge on any atom is 0.240 e. The van der Waals surface area contributed by atoms with Crippen LogP contribution in [-0.2, 0) is 32.6 Å². The lowest BCUT2D eigenvalue weighted by molar-refractivity contribution is -0.255. The molecule has 9 heteroatoms. The number of aliphatic hydroxyl groups excluding tert-OH is 1. The standard InChI is InChI=1S/C37H36N2O5S2/c38-32-13-7-8-14-34(32)45-25-33-35(28-9-3-1-4-10-28)36(29-19-17-27(24-40)18-20-29)44-37(43-33)30-21-15-26(16-22-30)23-39-46(41,42)31-11-5-2-6-12-31/h1-22,33,35-37,39-40H,23-25,38H2/t33-,35-,36+,37?/m1/s1. The third-order valence-electron chi connectivity index (χ3n) is 8.06. The fourth-order valence-electron chi connectivity index (χ4n) is 5.59. The van der Waals surface area contributed by atoms with Crippen LogP contribution in [0.1, 0.15) is 46.1 Å². The van der Waals surface area contributed by atoms with Gasteiger partial charge >= 0.3 is 0 Å². The number of rotatable bonds is 11. The summed E-state index contributed by atoms with van der Waals surface area (Å²) in [5, 5.41) is 9.66. The molecule has 1 saturated heterocycles. The molecular formula is C37H36N2O5S2. The van der Waals surface area contributed by atoms with Gasteiger partial charge in [0.25, 0.3) is 0 Å². The van der Waals surface area contributed by atoms with E-state index in [1.54, 1.807) is 42.1 Å². The summed E-state index contributed by atoms with van der Waals surface area (Å²) in [6, 6.07) is 41.9. The molecule has 0 bridgehead atoms. The zero-order valence-corrected chi connectivity index (χ0v) is 26.7. The molecule has 6 rings (SSSR count). The van der Waals surface area contributed by atoms with Crippen molar-refractivity contribution >= 4 is 27.5 Å². The summed E-state index contributed by atoms with van der Waals surface area (Å²) >= 11 is 1.66. The molecule has 236 valence electrons. The topological polar surface area (TPSA) is 111 Å². The van der Waals surface area contributed by atoms with E-state index in [2.05, 4.69) is 16.9 Å². The Labute approximate surface area is 274 Å². The van der Waals surface area contributed by atoms with Crippen LogP contribution in [0, 0.1) is 0 Å². The third kappa shape index (κ3) is 7.53. The van der Waals surface area contributed by atoms with Gasteiger partial charge in [0.05, 0.1) is 23.7 Å². The van der Waals surface area contributed by atoms with Crippen LogP contribution in [0.5, 0.6) is 0 Å². The molecule has 4 atom stereocenters. The lowest BCUT2D eigenvalue weighted by atomic mass is 9.84. The molecule has 0 saturated carbocycles. The largest absolute Gasteiger partial charge is 0.398 e. The molecule has 0 spiro atoms. The second kappa shape index (κ2) is 14.6. The number of para-hydroxylation sites is 1. The summed E-state index contributed by atoms with van der Waals surface area (Å²) in [5.41, 5.74) is 11.6. The average Bonchev–Trinajstić information content (AvgIpc) is 3.11. The van der Waals surface area contributed by atoms with Gasteiger partial charge < -0.3 is 20.3 Å². The predicted octanol–water partition coefficient (Wildman–Crippen LogP) is 6.97. The molecule has 1 fully saturated rings. The highest BCUT2D eigenvalue weighted by Gasteiger charge is 2.42. The minimum Gasteiger partial charge on any atom is -0.398 e. The van der Waals surface area contributed by atoms with Gasteiger partial charge in [-0.05, 0) is 46.5 Å². The monoisotopic (exact) mass is 652 g/mol. The molecule has 0 aromatic heterocycles. The number of ether oxygens (including phenoxy) is 2. The van der Waals surface area contributed by atoms with E-state index in [4.69, 9.17) is 15.2 Å². The Balaban J connectivity index is 1.28. The number of anilines is 1. The van der Waals surface area contributed by atoms with Crippen LogP contribution in [0.2, 0.25) is 0 Å². The van der Waals surface area contributed by atoms with E-state index >= 15 is 0 Å². The van der Waals surface area contributed by atoms with Crippen LogP contribution >= 0.6 is 11.8 Å². The molecule has 7 nitrogen and oxygen atoms in total. The molecule has 5 aromatic carbocycles. The van der Waals surface area contributed by atoms with Crippen molar-refractivity contribution in [2.75, 3.05) is 11.5 Å². The van der Waals surface area contributed by atoms with Crippen molar-refractivity contribution in [2.45, 2.75) is 47.4 Å². The lowest BCUT2D eigenvalue weighted by Gasteiger charge is -2.43. The number of nitrogens with two attached hydrogens (primary N) is 1. The number of nitrogens with one attached hydrogen (secondary N) is 1. The van der Waals surface area contributed by atoms with Crippen LogP contribution in [0.3, 0.4) is 0 Å². The molecule has 5 aromatic rings. The van der Waals surface area contributed by atoms with Crippen LogP contribution < -0.4 is 10.5 Å².